The van der Waals surface area contributed by atoms with Crippen molar-refractivity contribution in [3.8, 4) is 0 Å². The number of carbonyl (C=O) groups excluding carboxylic acids is 1. The van der Waals surface area contributed by atoms with Crippen LogP contribution in [0, 0.1) is 0 Å². The van der Waals surface area contributed by atoms with Crippen LogP contribution in [0.1, 0.15) is 43.1 Å². The first-order valence-electron chi connectivity index (χ1n) is 6.07. The van der Waals surface area contributed by atoms with Gasteiger partial charge in [0.1, 0.15) is 5.69 Å². The maximum atomic E-state index is 11.5. The Kier molecular flexibility index (Phi) is 4.40. The fraction of sp³-hybridized carbons (Fsp3) is 0.667. The number of nitrogens with zero attached hydrogens (tertiary/aromatic N) is 2. The Balaban J connectivity index is 2.13. The van der Waals surface area contributed by atoms with E-state index in [1.54, 1.807) is 11.3 Å². The molecule has 1 saturated carbocycles. The topological polar surface area (TPSA) is 33.2 Å². The van der Waals surface area contributed by atoms with Gasteiger partial charge in [-0.25, -0.2) is 4.98 Å². The molecule has 5 heteroatoms. The lowest BCUT2D eigenvalue weighted by Gasteiger charge is -2.26. The highest BCUT2D eigenvalue weighted by molar-refractivity contribution is 7.14. The number of hydrogen-bond acceptors (Lipinski definition) is 4. The van der Waals surface area contributed by atoms with Crippen molar-refractivity contribution in [2.24, 2.45) is 0 Å². The summed E-state index contributed by atoms with van der Waals surface area (Å²) in [5.41, 5.74) is 0.511. The minimum absolute atomic E-state index is 0.0126. The minimum atomic E-state index is -0.0864. The number of anilines is 1. The van der Waals surface area contributed by atoms with Crippen LogP contribution in [0.2, 0.25) is 0 Å². The zero-order valence-corrected chi connectivity index (χ0v) is 11.6. The average Bonchev–Trinajstić information content (AvgIpc) is 3.00. The van der Waals surface area contributed by atoms with Gasteiger partial charge in [-0.15, -0.1) is 22.9 Å². The SMILES string of the molecule is CCN(c1nc(C(=O)CCl)cs1)C1CCCC1. The maximum absolute atomic E-state index is 11.5. The summed E-state index contributed by atoms with van der Waals surface area (Å²) in [7, 11) is 0. The van der Waals surface area contributed by atoms with Crippen molar-refractivity contribution >= 4 is 33.9 Å². The summed E-state index contributed by atoms with van der Waals surface area (Å²) >= 11 is 7.09. The quantitative estimate of drug-likeness (QED) is 0.609. The highest BCUT2D eigenvalue weighted by atomic mass is 35.5. The second kappa shape index (κ2) is 5.83. The number of Topliss-reactive ketones (excluding diaryl/α,β-unsaturated/α-hetero) is 1. The van der Waals surface area contributed by atoms with E-state index < -0.39 is 0 Å². The molecule has 1 aliphatic rings. The van der Waals surface area contributed by atoms with E-state index in [1.165, 1.54) is 25.7 Å². The van der Waals surface area contributed by atoms with E-state index in [0.29, 0.717) is 11.7 Å². The van der Waals surface area contributed by atoms with Gasteiger partial charge in [-0.05, 0) is 19.8 Å². The first-order valence-corrected chi connectivity index (χ1v) is 7.49. The molecule has 2 rings (SSSR count). The second-order valence-electron chi connectivity index (χ2n) is 4.30. The Labute approximate surface area is 111 Å². The zero-order chi connectivity index (χ0) is 12.3. The molecule has 94 valence electrons. The standard InChI is InChI=1S/C12H17ClN2OS/c1-2-15(9-5-3-4-6-9)12-14-10(8-17-12)11(16)7-13/h8-9H,2-7H2,1H3. The molecular weight excluding hydrogens is 256 g/mol. The summed E-state index contributed by atoms with van der Waals surface area (Å²) in [6, 6.07) is 0.602. The predicted molar refractivity (Wildman–Crippen MR) is 72.4 cm³/mol. The third-order valence-electron chi connectivity index (χ3n) is 3.25. The average molecular weight is 273 g/mol. The number of aromatic nitrogens is 1. The van der Waals surface area contributed by atoms with Crippen LogP contribution in [-0.2, 0) is 0 Å². The van der Waals surface area contributed by atoms with Gasteiger partial charge in [-0.2, -0.15) is 0 Å². The third-order valence-corrected chi connectivity index (χ3v) is 4.37. The van der Waals surface area contributed by atoms with Gasteiger partial charge in [-0.1, -0.05) is 12.8 Å². The van der Waals surface area contributed by atoms with Crippen LogP contribution in [0.4, 0.5) is 5.13 Å². The molecule has 0 aromatic carbocycles. The number of carbonyl (C=O) groups is 1. The van der Waals surface area contributed by atoms with Gasteiger partial charge in [0, 0.05) is 18.0 Å². The first-order chi connectivity index (χ1) is 8.26. The van der Waals surface area contributed by atoms with E-state index in [0.717, 1.165) is 11.7 Å². The molecule has 0 aliphatic heterocycles. The van der Waals surface area contributed by atoms with Crippen molar-refractivity contribution in [2.45, 2.75) is 38.6 Å². The van der Waals surface area contributed by atoms with E-state index in [9.17, 15) is 4.79 Å². The van der Waals surface area contributed by atoms with E-state index in [-0.39, 0.29) is 11.7 Å². The number of halogens is 1. The molecule has 3 nitrogen and oxygen atoms in total. The van der Waals surface area contributed by atoms with Gasteiger partial charge in [0.2, 0.25) is 0 Å². The number of thiazole rings is 1. The Morgan fingerprint density at radius 2 is 2.29 bits per heavy atom. The van der Waals surface area contributed by atoms with Gasteiger partial charge in [0.25, 0.3) is 0 Å². The molecule has 17 heavy (non-hydrogen) atoms. The summed E-state index contributed by atoms with van der Waals surface area (Å²) in [5.74, 6) is -0.0738. The minimum Gasteiger partial charge on any atom is -0.345 e. The van der Waals surface area contributed by atoms with Gasteiger partial charge >= 0.3 is 0 Å². The molecule has 1 aromatic heterocycles. The normalized spacial score (nSPS) is 16.4. The van der Waals surface area contributed by atoms with E-state index in [2.05, 4.69) is 16.8 Å². The maximum Gasteiger partial charge on any atom is 0.196 e. The van der Waals surface area contributed by atoms with Gasteiger partial charge in [0.05, 0.1) is 5.88 Å². The molecule has 0 spiro atoms. The molecule has 0 atom stereocenters. The van der Waals surface area contributed by atoms with E-state index >= 15 is 0 Å². The zero-order valence-electron chi connectivity index (χ0n) is 9.99. The van der Waals surface area contributed by atoms with Crippen LogP contribution in [0.3, 0.4) is 0 Å². The number of rotatable bonds is 5. The third kappa shape index (κ3) is 2.80. The Morgan fingerprint density at radius 1 is 1.59 bits per heavy atom. The Hall–Kier alpha value is -0.610. The lowest BCUT2D eigenvalue weighted by molar-refractivity contribution is 0.101. The molecule has 0 radical (unpaired) electrons. The number of alkyl halides is 1. The van der Waals surface area contributed by atoms with Crippen molar-refractivity contribution in [2.75, 3.05) is 17.3 Å². The van der Waals surface area contributed by atoms with E-state index in [4.69, 9.17) is 11.6 Å². The summed E-state index contributed by atoms with van der Waals surface area (Å²) in [6.07, 6.45) is 5.10. The predicted octanol–water partition coefficient (Wildman–Crippen LogP) is 3.33. The molecule has 0 N–H and O–H groups in total. The van der Waals surface area contributed by atoms with Crippen LogP contribution in [0.5, 0.6) is 0 Å². The second-order valence-corrected chi connectivity index (χ2v) is 5.40. The largest absolute Gasteiger partial charge is 0.345 e. The highest BCUT2D eigenvalue weighted by Gasteiger charge is 2.24. The van der Waals surface area contributed by atoms with Gasteiger partial charge in [0.15, 0.2) is 10.9 Å². The fourth-order valence-electron chi connectivity index (χ4n) is 2.36. The van der Waals surface area contributed by atoms with Gasteiger partial charge in [-0.3, -0.25) is 4.79 Å². The Morgan fingerprint density at radius 3 is 2.88 bits per heavy atom. The van der Waals surface area contributed by atoms with Crippen LogP contribution in [-0.4, -0.2) is 29.2 Å². The van der Waals surface area contributed by atoms with Crippen LogP contribution < -0.4 is 4.90 Å². The monoisotopic (exact) mass is 272 g/mol. The molecule has 0 bridgehead atoms. The molecule has 0 amide bonds. The molecule has 1 fully saturated rings. The summed E-state index contributed by atoms with van der Waals surface area (Å²) in [5, 5.41) is 2.78. The van der Waals surface area contributed by atoms with Crippen LogP contribution in [0.25, 0.3) is 0 Å². The van der Waals surface area contributed by atoms with Crippen molar-refractivity contribution in [1.29, 1.82) is 0 Å². The Bertz CT molecular complexity index is 388. The van der Waals surface area contributed by atoms with Gasteiger partial charge < -0.3 is 4.90 Å². The fourth-order valence-corrected chi connectivity index (χ4v) is 3.46. The lowest BCUT2D eigenvalue weighted by atomic mass is 10.2. The lowest BCUT2D eigenvalue weighted by Crippen LogP contribution is -2.32. The van der Waals surface area contributed by atoms with Crippen molar-refractivity contribution < 1.29 is 4.79 Å². The number of ketones is 1. The molecular formula is C12H17ClN2OS. The molecule has 1 aliphatic carbocycles. The molecule has 1 heterocycles. The highest BCUT2D eigenvalue weighted by Crippen LogP contribution is 2.30. The molecule has 1 aromatic rings. The van der Waals surface area contributed by atoms with Crippen molar-refractivity contribution in [1.82, 2.24) is 4.98 Å². The summed E-state index contributed by atoms with van der Waals surface area (Å²) in [4.78, 5) is 18.2. The number of hydrogen-bond donors (Lipinski definition) is 0. The van der Waals surface area contributed by atoms with Crippen LogP contribution >= 0.6 is 22.9 Å². The smallest absolute Gasteiger partial charge is 0.196 e. The summed E-state index contributed by atoms with van der Waals surface area (Å²) < 4.78 is 0. The molecule has 0 saturated heterocycles. The van der Waals surface area contributed by atoms with Crippen molar-refractivity contribution in [3.63, 3.8) is 0 Å². The van der Waals surface area contributed by atoms with Crippen LogP contribution in [0.15, 0.2) is 5.38 Å². The first kappa shape index (κ1) is 12.8. The molecule has 0 unspecified atom stereocenters. The van der Waals surface area contributed by atoms with Crippen molar-refractivity contribution in [3.05, 3.63) is 11.1 Å². The summed E-state index contributed by atoms with van der Waals surface area (Å²) in [6.45, 7) is 3.09. The van der Waals surface area contributed by atoms with E-state index in [1.807, 2.05) is 5.38 Å².